The van der Waals surface area contributed by atoms with Crippen LogP contribution in [0.3, 0.4) is 0 Å². The van der Waals surface area contributed by atoms with E-state index in [1.54, 1.807) is 23.6 Å². The third-order valence-electron chi connectivity index (χ3n) is 2.96. The summed E-state index contributed by atoms with van der Waals surface area (Å²) in [5.74, 6) is 0.388. The first-order valence-electron chi connectivity index (χ1n) is 7.93. The third kappa shape index (κ3) is 4.59. The maximum Gasteiger partial charge on any atom is 0.236 e. The summed E-state index contributed by atoms with van der Waals surface area (Å²) in [6.07, 6.45) is 1.66. The van der Waals surface area contributed by atoms with Gasteiger partial charge < -0.3 is 10.5 Å². The molecular weight excluding hydrogens is 424 g/mol. The van der Waals surface area contributed by atoms with Crippen molar-refractivity contribution in [2.75, 3.05) is 12.8 Å². The molecule has 0 aliphatic heterocycles. The van der Waals surface area contributed by atoms with Crippen LogP contribution in [0.4, 0.5) is 5.69 Å². The number of anilines is 1. The van der Waals surface area contributed by atoms with Gasteiger partial charge in [0.25, 0.3) is 0 Å². The molecular formula is C17H22BrClN4OS. The minimum Gasteiger partial charge on any atom is -0.480 e. The SMILES string of the molecule is CC.CC.COc1ncc(-c2nc(Cl)nc3c(Br)c(C)sc23)cc1N. The van der Waals surface area contributed by atoms with Crippen LogP contribution in [0, 0.1) is 6.92 Å². The van der Waals surface area contributed by atoms with E-state index in [1.807, 2.05) is 34.6 Å². The summed E-state index contributed by atoms with van der Waals surface area (Å²) in [4.78, 5) is 13.9. The summed E-state index contributed by atoms with van der Waals surface area (Å²) < 4.78 is 6.94. The molecule has 0 bridgehead atoms. The summed E-state index contributed by atoms with van der Waals surface area (Å²) in [7, 11) is 1.53. The second kappa shape index (κ2) is 9.89. The summed E-state index contributed by atoms with van der Waals surface area (Å²) in [5.41, 5.74) is 8.65. The Hall–Kier alpha value is -1.44. The number of rotatable bonds is 2. The zero-order valence-corrected chi connectivity index (χ0v) is 18.3. The Morgan fingerprint density at radius 3 is 2.40 bits per heavy atom. The average Bonchev–Trinajstić information content (AvgIpc) is 2.92. The van der Waals surface area contributed by atoms with Crippen molar-refractivity contribution in [2.45, 2.75) is 34.6 Å². The zero-order valence-electron chi connectivity index (χ0n) is 15.1. The van der Waals surface area contributed by atoms with E-state index in [2.05, 4.69) is 30.9 Å². The standard InChI is InChI=1S/C13H10BrClN4OS.2C2H6/c1-5-8(14)10-11(21-5)9(18-13(15)19-10)6-3-7(16)12(20-2)17-4-6;2*1-2/h3-4H,16H2,1-2H3;2*1-2H3. The molecule has 0 atom stereocenters. The van der Waals surface area contributed by atoms with E-state index in [0.29, 0.717) is 17.3 Å². The van der Waals surface area contributed by atoms with Gasteiger partial charge in [0.05, 0.1) is 27.7 Å². The normalized spacial score (nSPS) is 9.76. The van der Waals surface area contributed by atoms with Gasteiger partial charge in [0.15, 0.2) is 0 Å². The van der Waals surface area contributed by atoms with Crippen molar-refractivity contribution >= 4 is 54.8 Å². The van der Waals surface area contributed by atoms with Crippen LogP contribution in [0.1, 0.15) is 32.6 Å². The van der Waals surface area contributed by atoms with Crippen molar-refractivity contribution in [1.29, 1.82) is 0 Å². The molecule has 3 heterocycles. The van der Waals surface area contributed by atoms with Crippen molar-refractivity contribution in [3.63, 3.8) is 0 Å². The average molecular weight is 446 g/mol. The molecule has 5 nitrogen and oxygen atoms in total. The Bertz CT molecular complexity index is 854. The lowest BCUT2D eigenvalue weighted by molar-refractivity contribution is 0.400. The van der Waals surface area contributed by atoms with Crippen LogP contribution in [0.25, 0.3) is 21.5 Å². The Morgan fingerprint density at radius 1 is 1.20 bits per heavy atom. The lowest BCUT2D eigenvalue weighted by Crippen LogP contribution is -1.97. The minimum atomic E-state index is 0.186. The first-order chi connectivity index (χ1) is 12.0. The van der Waals surface area contributed by atoms with Gasteiger partial charge in [-0.2, -0.15) is 0 Å². The van der Waals surface area contributed by atoms with Crippen molar-refractivity contribution in [2.24, 2.45) is 0 Å². The maximum atomic E-state index is 6.04. The lowest BCUT2D eigenvalue weighted by atomic mass is 10.2. The van der Waals surface area contributed by atoms with Gasteiger partial charge in [-0.25, -0.2) is 15.0 Å². The Labute approximate surface area is 165 Å². The van der Waals surface area contributed by atoms with E-state index in [4.69, 9.17) is 22.1 Å². The number of hydrogen-bond acceptors (Lipinski definition) is 6. The highest BCUT2D eigenvalue weighted by Gasteiger charge is 2.17. The number of thiophene rings is 1. The molecule has 3 aromatic rings. The number of halogens is 2. The monoisotopic (exact) mass is 444 g/mol. The molecule has 0 saturated heterocycles. The smallest absolute Gasteiger partial charge is 0.236 e. The van der Waals surface area contributed by atoms with E-state index in [9.17, 15) is 0 Å². The van der Waals surface area contributed by atoms with Crippen molar-refractivity contribution in [1.82, 2.24) is 15.0 Å². The van der Waals surface area contributed by atoms with E-state index in [1.165, 1.54) is 7.11 Å². The fourth-order valence-electron chi connectivity index (χ4n) is 2.00. The summed E-state index contributed by atoms with van der Waals surface area (Å²) in [6, 6.07) is 1.77. The number of nitrogens with two attached hydrogens (primary N) is 1. The van der Waals surface area contributed by atoms with Gasteiger partial charge in [0.2, 0.25) is 11.2 Å². The first kappa shape index (κ1) is 21.6. The summed E-state index contributed by atoms with van der Waals surface area (Å²) >= 11 is 11.2. The Balaban J connectivity index is 0.000000730. The summed E-state index contributed by atoms with van der Waals surface area (Å²) in [5, 5.41) is 0.186. The molecule has 0 spiro atoms. The van der Waals surface area contributed by atoms with E-state index in [-0.39, 0.29) is 5.28 Å². The highest BCUT2D eigenvalue weighted by molar-refractivity contribution is 9.10. The van der Waals surface area contributed by atoms with Gasteiger partial charge in [-0.1, -0.05) is 27.7 Å². The molecule has 0 fully saturated rings. The number of nitrogens with zero attached hydrogens (tertiary/aromatic N) is 3. The molecule has 0 saturated carbocycles. The van der Waals surface area contributed by atoms with Crippen molar-refractivity contribution in [3.05, 3.63) is 26.9 Å². The number of hydrogen-bond donors (Lipinski definition) is 1. The number of pyridine rings is 1. The molecule has 0 aromatic carbocycles. The third-order valence-corrected chi connectivity index (χ3v) is 5.46. The van der Waals surface area contributed by atoms with Gasteiger partial charge >= 0.3 is 0 Å². The molecule has 2 N–H and O–H groups in total. The maximum absolute atomic E-state index is 6.04. The Morgan fingerprint density at radius 2 is 1.84 bits per heavy atom. The summed E-state index contributed by atoms with van der Waals surface area (Å²) in [6.45, 7) is 10.0. The van der Waals surface area contributed by atoms with Crippen LogP contribution in [-0.4, -0.2) is 22.1 Å². The second-order valence-corrected chi connectivity index (χ2v) is 6.67. The van der Waals surface area contributed by atoms with Gasteiger partial charge in [-0.3, -0.25) is 0 Å². The first-order valence-corrected chi connectivity index (χ1v) is 9.92. The Kier molecular flexibility index (Phi) is 8.55. The van der Waals surface area contributed by atoms with Crippen molar-refractivity contribution < 1.29 is 4.74 Å². The van der Waals surface area contributed by atoms with Crippen LogP contribution in [0.5, 0.6) is 5.88 Å². The van der Waals surface area contributed by atoms with Gasteiger partial charge in [-0.05, 0) is 40.5 Å². The topological polar surface area (TPSA) is 73.9 Å². The van der Waals surface area contributed by atoms with Crippen LogP contribution in [0.15, 0.2) is 16.7 Å². The van der Waals surface area contributed by atoms with Crippen LogP contribution in [0.2, 0.25) is 5.28 Å². The molecule has 0 aliphatic carbocycles. The van der Waals surface area contributed by atoms with Crippen LogP contribution >= 0.6 is 38.9 Å². The fraction of sp³-hybridized carbons (Fsp3) is 0.353. The molecule has 136 valence electrons. The number of aryl methyl sites for hydroxylation is 1. The predicted octanol–water partition coefficient (Wildman–Crippen LogP) is 6.12. The highest BCUT2D eigenvalue weighted by atomic mass is 79.9. The van der Waals surface area contributed by atoms with Gasteiger partial charge in [0, 0.05) is 16.6 Å². The molecule has 0 radical (unpaired) electrons. The molecule has 3 rings (SSSR count). The number of fused-ring (bicyclic) bond motifs is 1. The molecule has 0 aliphatic rings. The number of aromatic nitrogens is 3. The number of nitrogen functional groups attached to an aromatic ring is 1. The van der Waals surface area contributed by atoms with E-state index < -0.39 is 0 Å². The molecule has 0 unspecified atom stereocenters. The van der Waals surface area contributed by atoms with Gasteiger partial charge in [0.1, 0.15) is 5.52 Å². The molecule has 8 heteroatoms. The predicted molar refractivity (Wildman–Crippen MR) is 112 cm³/mol. The lowest BCUT2D eigenvalue weighted by Gasteiger charge is -2.07. The van der Waals surface area contributed by atoms with Crippen LogP contribution < -0.4 is 10.5 Å². The number of ether oxygens (including phenoxy) is 1. The van der Waals surface area contributed by atoms with Crippen LogP contribution in [-0.2, 0) is 0 Å². The highest BCUT2D eigenvalue weighted by Crippen LogP contribution is 2.39. The van der Waals surface area contributed by atoms with E-state index >= 15 is 0 Å². The van der Waals surface area contributed by atoms with Crippen molar-refractivity contribution in [3.8, 4) is 17.1 Å². The van der Waals surface area contributed by atoms with E-state index in [0.717, 1.165) is 25.1 Å². The largest absolute Gasteiger partial charge is 0.480 e. The zero-order chi connectivity index (χ0) is 19.1. The molecule has 25 heavy (non-hydrogen) atoms. The second-order valence-electron chi connectivity index (χ2n) is 4.31. The molecule has 3 aromatic heterocycles. The minimum absolute atomic E-state index is 0.186. The quantitative estimate of drug-likeness (QED) is 0.481. The number of methoxy groups -OCH3 is 1. The fourth-order valence-corrected chi connectivity index (χ4v) is 3.83. The van der Waals surface area contributed by atoms with Gasteiger partial charge in [-0.15, -0.1) is 11.3 Å². The molecule has 0 amide bonds.